The van der Waals surface area contributed by atoms with Gasteiger partial charge in [-0.3, -0.25) is 4.79 Å². The van der Waals surface area contributed by atoms with Crippen molar-refractivity contribution >= 4 is 5.97 Å². The second-order valence-electron chi connectivity index (χ2n) is 6.80. The molecule has 20 heavy (non-hydrogen) atoms. The van der Waals surface area contributed by atoms with E-state index in [-0.39, 0.29) is 11.9 Å². The van der Waals surface area contributed by atoms with Gasteiger partial charge in [0, 0.05) is 23.9 Å². The molecule has 0 radical (unpaired) electrons. The maximum Gasteiger partial charge on any atom is 0.308 e. The van der Waals surface area contributed by atoms with Crippen molar-refractivity contribution in [3.8, 4) is 0 Å². The molecule has 3 aliphatic rings. The summed E-state index contributed by atoms with van der Waals surface area (Å²) in [6, 6.07) is 1.05. The maximum absolute atomic E-state index is 12.0. The summed E-state index contributed by atoms with van der Waals surface area (Å²) in [5.41, 5.74) is 0. The fourth-order valence-corrected chi connectivity index (χ4v) is 4.56. The van der Waals surface area contributed by atoms with Crippen LogP contribution in [0.3, 0.4) is 0 Å². The monoisotopic (exact) mass is 281 g/mol. The van der Waals surface area contributed by atoms with Crippen molar-refractivity contribution in [3.05, 3.63) is 0 Å². The third-order valence-electron chi connectivity index (χ3n) is 5.48. The molecule has 3 rings (SSSR count). The van der Waals surface area contributed by atoms with Crippen LogP contribution >= 0.6 is 0 Å². The number of nitrogens with one attached hydrogen (secondary N) is 1. The molecule has 2 aliphatic heterocycles. The van der Waals surface area contributed by atoms with Gasteiger partial charge in [0.15, 0.2) is 0 Å². The van der Waals surface area contributed by atoms with Crippen LogP contribution in [-0.4, -0.2) is 36.9 Å². The second-order valence-corrected chi connectivity index (χ2v) is 6.80. The highest BCUT2D eigenvalue weighted by molar-refractivity contribution is 5.72. The lowest BCUT2D eigenvalue weighted by atomic mass is 9.68. The number of ether oxygens (including phenoxy) is 2. The molecular formula is C16H27NO3. The van der Waals surface area contributed by atoms with E-state index in [1.807, 2.05) is 6.92 Å². The van der Waals surface area contributed by atoms with E-state index < -0.39 is 0 Å². The van der Waals surface area contributed by atoms with Crippen molar-refractivity contribution in [2.75, 3.05) is 6.61 Å². The first-order valence-electron chi connectivity index (χ1n) is 8.18. The Labute approximate surface area is 121 Å². The molecular weight excluding hydrogens is 254 g/mol. The average molecular weight is 281 g/mol. The smallest absolute Gasteiger partial charge is 0.308 e. The van der Waals surface area contributed by atoms with Gasteiger partial charge in [-0.2, -0.15) is 0 Å². The lowest BCUT2D eigenvalue weighted by molar-refractivity contribution is -0.151. The van der Waals surface area contributed by atoms with E-state index in [0.29, 0.717) is 42.7 Å². The van der Waals surface area contributed by atoms with Gasteiger partial charge in [0.05, 0.1) is 24.7 Å². The van der Waals surface area contributed by atoms with Crippen LogP contribution in [-0.2, 0) is 14.3 Å². The number of hydrogen-bond acceptors (Lipinski definition) is 4. The van der Waals surface area contributed by atoms with Crippen LogP contribution in [0.5, 0.6) is 0 Å². The van der Waals surface area contributed by atoms with Gasteiger partial charge in [-0.15, -0.1) is 0 Å². The van der Waals surface area contributed by atoms with Gasteiger partial charge in [-0.25, -0.2) is 0 Å². The van der Waals surface area contributed by atoms with Crippen LogP contribution in [0.25, 0.3) is 0 Å². The van der Waals surface area contributed by atoms with Crippen molar-refractivity contribution in [2.24, 2.45) is 17.8 Å². The topological polar surface area (TPSA) is 47.6 Å². The Hall–Kier alpha value is -0.610. The zero-order chi connectivity index (χ0) is 14.3. The molecule has 0 aromatic carbocycles. The third kappa shape index (κ3) is 2.48. The second kappa shape index (κ2) is 5.64. The summed E-state index contributed by atoms with van der Waals surface area (Å²) in [5, 5.41) is 3.77. The van der Waals surface area contributed by atoms with E-state index in [2.05, 4.69) is 19.2 Å². The van der Waals surface area contributed by atoms with E-state index in [1.54, 1.807) is 0 Å². The quantitative estimate of drug-likeness (QED) is 0.788. The number of piperidine rings is 1. The van der Waals surface area contributed by atoms with Crippen molar-refractivity contribution in [3.63, 3.8) is 0 Å². The number of hydrogen-bond donors (Lipinski definition) is 1. The molecule has 7 atom stereocenters. The maximum atomic E-state index is 12.0. The minimum atomic E-state index is -0.00725. The van der Waals surface area contributed by atoms with Gasteiger partial charge in [0.2, 0.25) is 0 Å². The molecule has 1 aliphatic carbocycles. The first-order chi connectivity index (χ1) is 9.60. The minimum Gasteiger partial charge on any atom is -0.466 e. The Bertz CT molecular complexity index is 373. The Morgan fingerprint density at radius 3 is 2.80 bits per heavy atom. The predicted octanol–water partition coefficient (Wildman–Crippen LogP) is 2.12. The molecule has 4 nitrogen and oxygen atoms in total. The lowest BCUT2D eigenvalue weighted by Gasteiger charge is -2.47. The Kier molecular flexibility index (Phi) is 4.04. The van der Waals surface area contributed by atoms with Gasteiger partial charge in [0.25, 0.3) is 0 Å². The number of carbonyl (C=O) groups is 1. The van der Waals surface area contributed by atoms with Gasteiger partial charge in [-0.05, 0) is 46.5 Å². The summed E-state index contributed by atoms with van der Waals surface area (Å²) in [5.74, 6) is 1.15. The first-order valence-corrected chi connectivity index (χ1v) is 8.18. The zero-order valence-electron chi connectivity index (χ0n) is 12.8. The Morgan fingerprint density at radius 2 is 2.05 bits per heavy atom. The molecule has 4 heteroatoms. The Balaban J connectivity index is 1.71. The summed E-state index contributed by atoms with van der Waals surface area (Å²) in [6.07, 6.45) is 4.79. The molecule has 2 saturated heterocycles. The molecule has 1 saturated carbocycles. The molecule has 2 heterocycles. The minimum absolute atomic E-state index is 0.00725. The molecule has 6 unspecified atom stereocenters. The molecule has 0 bridgehead atoms. The summed E-state index contributed by atoms with van der Waals surface area (Å²) in [7, 11) is 0. The van der Waals surface area contributed by atoms with Crippen LogP contribution in [0.15, 0.2) is 0 Å². The van der Waals surface area contributed by atoms with E-state index in [0.717, 1.165) is 25.7 Å². The van der Waals surface area contributed by atoms with Crippen LogP contribution in [0.2, 0.25) is 0 Å². The van der Waals surface area contributed by atoms with Crippen LogP contribution in [0, 0.1) is 17.8 Å². The molecule has 0 aromatic rings. The van der Waals surface area contributed by atoms with Gasteiger partial charge >= 0.3 is 5.97 Å². The molecule has 0 spiro atoms. The summed E-state index contributed by atoms with van der Waals surface area (Å²) in [4.78, 5) is 12.0. The number of carbonyl (C=O) groups excluding carboxylic acids is 1. The molecule has 0 aromatic heterocycles. The van der Waals surface area contributed by atoms with Gasteiger partial charge < -0.3 is 14.8 Å². The first kappa shape index (κ1) is 14.3. The normalized spacial score (nSPS) is 47.5. The third-order valence-corrected chi connectivity index (χ3v) is 5.48. The van der Waals surface area contributed by atoms with Crippen molar-refractivity contribution in [1.82, 2.24) is 5.32 Å². The molecule has 114 valence electrons. The predicted molar refractivity (Wildman–Crippen MR) is 76.3 cm³/mol. The standard InChI is InChI=1S/C16H27NO3/c1-4-19-16(18)11-5-6-14-13(8-11)15-12(10(3)17-14)7-9(2)20-15/h9-15,17H,4-8H2,1-3H3/t9-,10?,11?,12?,13?,14?,15?/m1/s1. The largest absolute Gasteiger partial charge is 0.466 e. The summed E-state index contributed by atoms with van der Waals surface area (Å²) in [6.45, 7) is 6.82. The highest BCUT2D eigenvalue weighted by atomic mass is 16.5. The van der Waals surface area contributed by atoms with Crippen molar-refractivity contribution in [1.29, 1.82) is 0 Å². The van der Waals surface area contributed by atoms with Gasteiger partial charge in [-0.1, -0.05) is 0 Å². The fourth-order valence-electron chi connectivity index (χ4n) is 4.56. The number of fused-ring (bicyclic) bond motifs is 3. The van der Waals surface area contributed by atoms with E-state index in [9.17, 15) is 4.79 Å². The highest BCUT2D eigenvalue weighted by Gasteiger charge is 2.50. The fraction of sp³-hybridized carbons (Fsp3) is 0.938. The van der Waals surface area contributed by atoms with E-state index in [1.165, 1.54) is 0 Å². The summed E-state index contributed by atoms with van der Waals surface area (Å²) >= 11 is 0. The summed E-state index contributed by atoms with van der Waals surface area (Å²) < 4.78 is 11.4. The SMILES string of the molecule is CCOC(=O)C1CCC2NC(C)C3C[C@@H](C)OC3C2C1. The van der Waals surface area contributed by atoms with Crippen molar-refractivity contribution < 1.29 is 14.3 Å². The molecule has 1 N–H and O–H groups in total. The number of rotatable bonds is 2. The highest BCUT2D eigenvalue weighted by Crippen LogP contribution is 2.44. The van der Waals surface area contributed by atoms with Crippen LogP contribution in [0.4, 0.5) is 0 Å². The molecule has 3 fully saturated rings. The van der Waals surface area contributed by atoms with Crippen LogP contribution < -0.4 is 5.32 Å². The number of esters is 1. The van der Waals surface area contributed by atoms with Gasteiger partial charge in [0.1, 0.15) is 0 Å². The van der Waals surface area contributed by atoms with E-state index in [4.69, 9.17) is 9.47 Å². The zero-order valence-corrected chi connectivity index (χ0v) is 12.8. The Morgan fingerprint density at radius 1 is 1.25 bits per heavy atom. The van der Waals surface area contributed by atoms with E-state index >= 15 is 0 Å². The lowest BCUT2D eigenvalue weighted by Crippen LogP contribution is -2.59. The average Bonchev–Trinajstić information content (AvgIpc) is 2.81. The van der Waals surface area contributed by atoms with Crippen LogP contribution in [0.1, 0.15) is 46.5 Å². The van der Waals surface area contributed by atoms with Crippen molar-refractivity contribution in [2.45, 2.75) is 70.7 Å². The molecule has 0 amide bonds.